The zero-order chi connectivity index (χ0) is 30.9. The second-order valence-electron chi connectivity index (χ2n) is 11.3. The summed E-state index contributed by atoms with van der Waals surface area (Å²) in [6, 6.07) is 9.18. The molecule has 1 unspecified atom stereocenters. The number of anilines is 2. The second-order valence-corrected chi connectivity index (χ2v) is 13.3. The molecule has 0 spiro atoms. The molecule has 1 aliphatic heterocycles. The van der Waals surface area contributed by atoms with Crippen LogP contribution in [0.3, 0.4) is 0 Å². The molecule has 1 saturated heterocycles. The van der Waals surface area contributed by atoms with E-state index in [9.17, 15) is 22.4 Å². The molecule has 0 radical (unpaired) electrons. The fourth-order valence-corrected chi connectivity index (χ4v) is 6.35. The highest BCUT2D eigenvalue weighted by atomic mass is 32.2. The van der Waals surface area contributed by atoms with Crippen molar-refractivity contribution in [2.75, 3.05) is 48.8 Å². The Hall–Kier alpha value is -4.06. The summed E-state index contributed by atoms with van der Waals surface area (Å²) in [7, 11) is -3.31. The predicted molar refractivity (Wildman–Crippen MR) is 161 cm³/mol. The summed E-state index contributed by atoms with van der Waals surface area (Å²) in [6.07, 6.45) is 5.26. The summed E-state index contributed by atoms with van der Waals surface area (Å²) in [6.45, 7) is 7.74. The molecule has 228 valence electrons. The van der Waals surface area contributed by atoms with Crippen LogP contribution < -0.4 is 14.5 Å². The molecule has 2 heterocycles. The van der Waals surface area contributed by atoms with Gasteiger partial charge >= 0.3 is 0 Å². The van der Waals surface area contributed by atoms with Crippen molar-refractivity contribution in [3.63, 3.8) is 0 Å². The number of hydrogen-bond donors (Lipinski definition) is 0. The van der Waals surface area contributed by atoms with Crippen molar-refractivity contribution >= 4 is 33.2 Å². The van der Waals surface area contributed by atoms with Crippen LogP contribution in [0.4, 0.5) is 15.9 Å². The lowest BCUT2D eigenvalue weighted by Gasteiger charge is -2.37. The molecule has 0 bridgehead atoms. The second kappa shape index (κ2) is 12.3. The van der Waals surface area contributed by atoms with Gasteiger partial charge in [-0.2, -0.15) is 0 Å². The first-order valence-corrected chi connectivity index (χ1v) is 16.3. The number of rotatable bonds is 8. The fourth-order valence-electron chi connectivity index (χ4n) is 5.68. The van der Waals surface area contributed by atoms with Gasteiger partial charge in [0, 0.05) is 56.9 Å². The van der Waals surface area contributed by atoms with Gasteiger partial charge in [0.05, 0.1) is 16.8 Å². The largest absolute Gasteiger partial charge is 0.450 e. The number of ether oxygens (including phenoxy) is 1. The van der Waals surface area contributed by atoms with E-state index in [1.807, 2.05) is 22.8 Å². The van der Waals surface area contributed by atoms with Crippen LogP contribution in [0.5, 0.6) is 11.5 Å². The maximum Gasteiger partial charge on any atom is 0.229 e. The summed E-state index contributed by atoms with van der Waals surface area (Å²) in [5, 5.41) is 0. The van der Waals surface area contributed by atoms with Gasteiger partial charge in [0.2, 0.25) is 11.8 Å². The summed E-state index contributed by atoms with van der Waals surface area (Å²) >= 11 is 0. The Kier molecular flexibility index (Phi) is 8.68. The lowest BCUT2D eigenvalue weighted by Crippen LogP contribution is -2.50. The van der Waals surface area contributed by atoms with E-state index in [0.29, 0.717) is 68.6 Å². The topological polar surface area (TPSA) is 113 Å². The molecule has 0 N–H and O–H groups in total. The summed E-state index contributed by atoms with van der Waals surface area (Å²) in [4.78, 5) is 40.5. The van der Waals surface area contributed by atoms with Crippen LogP contribution >= 0.6 is 0 Å². The number of sulfone groups is 1. The Bertz CT molecular complexity index is 1640. The van der Waals surface area contributed by atoms with Crippen LogP contribution in [0, 0.1) is 17.7 Å². The molecule has 5 rings (SSSR count). The lowest BCUT2D eigenvalue weighted by atomic mass is 10.0. The molecule has 2 aromatic carbocycles. The van der Waals surface area contributed by atoms with Crippen LogP contribution in [0.1, 0.15) is 31.9 Å². The molecule has 12 heteroatoms. The van der Waals surface area contributed by atoms with Crippen molar-refractivity contribution in [1.29, 1.82) is 0 Å². The third kappa shape index (κ3) is 6.48. The predicted octanol–water partition coefficient (Wildman–Crippen LogP) is 3.88. The first-order chi connectivity index (χ1) is 20.5. The molecular weight excluding hydrogens is 573 g/mol. The zero-order valence-electron chi connectivity index (χ0n) is 24.8. The third-order valence-electron chi connectivity index (χ3n) is 7.95. The summed E-state index contributed by atoms with van der Waals surface area (Å²) < 4.78 is 44.5. The zero-order valence-corrected chi connectivity index (χ0v) is 25.6. The molecule has 2 amide bonds. The number of piperazine rings is 1. The molecule has 2 aliphatic rings. The minimum atomic E-state index is -3.31. The number of benzene rings is 2. The van der Waals surface area contributed by atoms with Gasteiger partial charge in [-0.05, 0) is 55.2 Å². The fraction of sp³-hybridized carbons (Fsp3) is 0.419. The van der Waals surface area contributed by atoms with Crippen molar-refractivity contribution in [2.45, 2.75) is 38.5 Å². The number of hydrogen-bond acceptors (Lipinski definition) is 8. The highest BCUT2D eigenvalue weighted by Gasteiger charge is 2.33. The van der Waals surface area contributed by atoms with Gasteiger partial charge < -0.3 is 19.4 Å². The number of aromatic nitrogens is 2. The van der Waals surface area contributed by atoms with E-state index in [-0.39, 0.29) is 28.5 Å². The molecule has 43 heavy (non-hydrogen) atoms. The van der Waals surface area contributed by atoms with Gasteiger partial charge in [-0.1, -0.05) is 19.9 Å². The van der Waals surface area contributed by atoms with Crippen molar-refractivity contribution in [1.82, 2.24) is 14.9 Å². The molecule has 3 aromatic rings. The van der Waals surface area contributed by atoms with Gasteiger partial charge in [0.25, 0.3) is 0 Å². The summed E-state index contributed by atoms with van der Waals surface area (Å²) in [5.41, 5.74) is 2.26. The van der Waals surface area contributed by atoms with Gasteiger partial charge in [-0.25, -0.2) is 22.8 Å². The monoisotopic (exact) mass is 609 g/mol. The molecule has 1 fully saturated rings. The standard InChI is InChI=1S/C31H36FN5O5S/c1-5-37(30(38)20(2)3)26-17-24(32)7-9-27(26)42-28-18-33-19-34-29(28)35-10-12-36(13-11-35)31(39)23-14-21-6-8-25(43(4,40)41)16-22(21)15-23/h6-9,16-20,23H,5,10-15H2,1-4H3. The quantitative estimate of drug-likeness (QED) is 0.378. The minimum absolute atomic E-state index is 0.0568. The minimum Gasteiger partial charge on any atom is -0.450 e. The number of halogens is 1. The van der Waals surface area contributed by atoms with E-state index in [4.69, 9.17) is 4.74 Å². The molecule has 1 aliphatic carbocycles. The Balaban J connectivity index is 1.28. The molecule has 0 saturated carbocycles. The molecule has 1 atom stereocenters. The Morgan fingerprint density at radius 1 is 1.05 bits per heavy atom. The first-order valence-electron chi connectivity index (χ1n) is 14.4. The molecular formula is C31H36FN5O5S. The smallest absolute Gasteiger partial charge is 0.229 e. The van der Waals surface area contributed by atoms with Crippen LogP contribution in [-0.2, 0) is 32.3 Å². The van der Waals surface area contributed by atoms with Crippen molar-refractivity contribution in [3.8, 4) is 11.5 Å². The van der Waals surface area contributed by atoms with E-state index in [1.165, 1.54) is 41.9 Å². The third-order valence-corrected chi connectivity index (χ3v) is 9.06. The van der Waals surface area contributed by atoms with Gasteiger partial charge in [0.1, 0.15) is 12.1 Å². The summed E-state index contributed by atoms with van der Waals surface area (Å²) in [5.74, 6) is 0.125. The molecule has 1 aromatic heterocycles. The highest BCUT2D eigenvalue weighted by molar-refractivity contribution is 7.90. The maximum absolute atomic E-state index is 14.3. The lowest BCUT2D eigenvalue weighted by molar-refractivity contribution is -0.135. The average Bonchev–Trinajstić information content (AvgIpc) is 3.42. The highest BCUT2D eigenvalue weighted by Crippen LogP contribution is 2.37. The Morgan fingerprint density at radius 3 is 2.44 bits per heavy atom. The Labute approximate surface area is 251 Å². The van der Waals surface area contributed by atoms with Gasteiger partial charge in [-0.3, -0.25) is 9.59 Å². The number of carbonyl (C=O) groups is 2. The average molecular weight is 610 g/mol. The van der Waals surface area contributed by atoms with Crippen LogP contribution in [0.2, 0.25) is 0 Å². The number of carbonyl (C=O) groups excluding carboxylic acids is 2. The number of fused-ring (bicyclic) bond motifs is 1. The van der Waals surface area contributed by atoms with E-state index < -0.39 is 15.7 Å². The van der Waals surface area contributed by atoms with Crippen molar-refractivity contribution in [2.24, 2.45) is 11.8 Å². The maximum atomic E-state index is 14.3. The normalized spacial score (nSPS) is 16.7. The van der Waals surface area contributed by atoms with Crippen molar-refractivity contribution < 1.29 is 27.1 Å². The SMILES string of the molecule is CCN(C(=O)C(C)C)c1cc(F)ccc1Oc1cncnc1N1CCN(C(=O)C2Cc3ccc(S(C)(=O)=O)cc3C2)CC1. The van der Waals surface area contributed by atoms with E-state index in [2.05, 4.69) is 9.97 Å². The Morgan fingerprint density at radius 2 is 1.77 bits per heavy atom. The van der Waals surface area contributed by atoms with E-state index in [0.717, 1.165) is 11.1 Å². The van der Waals surface area contributed by atoms with Crippen molar-refractivity contribution in [3.05, 3.63) is 65.9 Å². The number of amides is 2. The molecule has 10 nitrogen and oxygen atoms in total. The van der Waals surface area contributed by atoms with E-state index in [1.54, 1.807) is 26.0 Å². The number of nitrogens with zero attached hydrogens (tertiary/aromatic N) is 5. The van der Waals surface area contributed by atoms with Gasteiger partial charge in [0.15, 0.2) is 27.2 Å². The van der Waals surface area contributed by atoms with Crippen LogP contribution in [0.15, 0.2) is 53.8 Å². The first kappa shape index (κ1) is 30.4. The van der Waals surface area contributed by atoms with Gasteiger partial charge in [-0.15, -0.1) is 0 Å². The van der Waals surface area contributed by atoms with E-state index >= 15 is 0 Å². The van der Waals surface area contributed by atoms with Crippen LogP contribution in [0.25, 0.3) is 0 Å². The van der Waals surface area contributed by atoms with Crippen LogP contribution in [-0.4, -0.2) is 74.1 Å².